The van der Waals surface area contributed by atoms with Gasteiger partial charge in [0, 0.05) is 36.3 Å². The predicted molar refractivity (Wildman–Crippen MR) is 92.5 cm³/mol. The summed E-state index contributed by atoms with van der Waals surface area (Å²) >= 11 is 3.41. The summed E-state index contributed by atoms with van der Waals surface area (Å²) in [6.07, 6.45) is -0.276. The predicted octanol–water partition coefficient (Wildman–Crippen LogP) is 2.47. The molecule has 0 saturated carbocycles. The molecule has 1 aliphatic heterocycles. The van der Waals surface area contributed by atoms with Crippen molar-refractivity contribution in [2.45, 2.75) is 13.8 Å². The van der Waals surface area contributed by atoms with Crippen LogP contribution in [0.25, 0.3) is 0 Å². The first-order valence-electron chi connectivity index (χ1n) is 7.69. The van der Waals surface area contributed by atoms with Crippen molar-refractivity contribution in [3.8, 4) is 0 Å². The normalized spacial score (nSPS) is 15.3. The number of benzene rings is 1. The molecule has 1 aromatic rings. The molecule has 2 rings (SSSR count). The van der Waals surface area contributed by atoms with E-state index in [1.165, 1.54) is 0 Å². The number of carbonyl (C=O) groups is 2. The molecule has 0 bridgehead atoms. The number of hydrogen-bond donors (Lipinski definition) is 1. The zero-order valence-electron chi connectivity index (χ0n) is 13.5. The second-order valence-electron chi connectivity index (χ2n) is 5.47. The van der Waals surface area contributed by atoms with Gasteiger partial charge >= 0.3 is 6.09 Å². The van der Waals surface area contributed by atoms with E-state index in [0.717, 1.165) is 15.7 Å². The molecule has 1 aromatic carbocycles. The Morgan fingerprint density at radius 3 is 2.57 bits per heavy atom. The van der Waals surface area contributed by atoms with E-state index in [1.807, 2.05) is 30.0 Å². The zero-order valence-corrected chi connectivity index (χ0v) is 15.1. The van der Waals surface area contributed by atoms with E-state index in [-0.39, 0.29) is 12.0 Å². The molecule has 23 heavy (non-hydrogen) atoms. The van der Waals surface area contributed by atoms with Gasteiger partial charge in [-0.05, 0) is 37.6 Å². The SMILES string of the molecule is CCOC(=O)N1CCN(CC(=O)Nc2ccc(Br)cc2C)CC1. The highest BCUT2D eigenvalue weighted by Gasteiger charge is 2.23. The standard InChI is InChI=1S/C16H22BrN3O3/c1-3-23-16(22)20-8-6-19(7-9-20)11-15(21)18-14-5-4-13(17)10-12(14)2/h4-5,10H,3,6-9,11H2,1-2H3,(H,18,21). The second kappa shape index (κ2) is 8.31. The summed E-state index contributed by atoms with van der Waals surface area (Å²) in [6.45, 7) is 6.98. The Hall–Kier alpha value is -1.60. The van der Waals surface area contributed by atoms with Crippen molar-refractivity contribution in [2.24, 2.45) is 0 Å². The molecule has 6 nitrogen and oxygen atoms in total. The third-order valence-electron chi connectivity index (χ3n) is 3.73. The van der Waals surface area contributed by atoms with Crippen LogP contribution in [0.15, 0.2) is 22.7 Å². The van der Waals surface area contributed by atoms with E-state index in [1.54, 1.807) is 11.8 Å². The van der Waals surface area contributed by atoms with Crippen LogP contribution in [0.4, 0.5) is 10.5 Å². The highest BCUT2D eigenvalue weighted by molar-refractivity contribution is 9.10. The molecule has 1 heterocycles. The number of amides is 2. The molecule has 0 aromatic heterocycles. The molecule has 0 atom stereocenters. The van der Waals surface area contributed by atoms with Crippen molar-refractivity contribution in [1.29, 1.82) is 0 Å². The Balaban J connectivity index is 1.79. The van der Waals surface area contributed by atoms with Crippen molar-refractivity contribution in [2.75, 3.05) is 44.6 Å². The van der Waals surface area contributed by atoms with Crippen LogP contribution in [0, 0.1) is 6.92 Å². The van der Waals surface area contributed by atoms with E-state index < -0.39 is 0 Å². The molecule has 126 valence electrons. The minimum absolute atomic E-state index is 0.0417. The van der Waals surface area contributed by atoms with Gasteiger partial charge in [-0.15, -0.1) is 0 Å². The topological polar surface area (TPSA) is 61.9 Å². The minimum atomic E-state index is -0.276. The van der Waals surface area contributed by atoms with Gasteiger partial charge in [0.25, 0.3) is 0 Å². The van der Waals surface area contributed by atoms with Gasteiger partial charge in [-0.3, -0.25) is 9.69 Å². The van der Waals surface area contributed by atoms with Gasteiger partial charge in [-0.1, -0.05) is 15.9 Å². The quantitative estimate of drug-likeness (QED) is 0.867. The van der Waals surface area contributed by atoms with E-state index in [9.17, 15) is 9.59 Å². The van der Waals surface area contributed by atoms with Crippen LogP contribution in [0.3, 0.4) is 0 Å². The fourth-order valence-electron chi connectivity index (χ4n) is 2.46. The van der Waals surface area contributed by atoms with Crippen molar-refractivity contribution >= 4 is 33.6 Å². The van der Waals surface area contributed by atoms with Gasteiger partial charge in [0.1, 0.15) is 0 Å². The molecule has 0 spiro atoms. The largest absolute Gasteiger partial charge is 0.450 e. The van der Waals surface area contributed by atoms with Crippen LogP contribution in [0.1, 0.15) is 12.5 Å². The molecule has 1 saturated heterocycles. The number of anilines is 1. The van der Waals surface area contributed by atoms with Gasteiger partial charge in [0.15, 0.2) is 0 Å². The van der Waals surface area contributed by atoms with E-state index in [2.05, 4.69) is 21.2 Å². The Morgan fingerprint density at radius 2 is 1.96 bits per heavy atom. The number of aryl methyl sites for hydroxylation is 1. The van der Waals surface area contributed by atoms with Crippen molar-refractivity contribution in [3.05, 3.63) is 28.2 Å². The maximum Gasteiger partial charge on any atom is 0.409 e. The monoisotopic (exact) mass is 383 g/mol. The van der Waals surface area contributed by atoms with Gasteiger partial charge in [0.2, 0.25) is 5.91 Å². The van der Waals surface area contributed by atoms with Crippen LogP contribution >= 0.6 is 15.9 Å². The summed E-state index contributed by atoms with van der Waals surface area (Å²) in [5.41, 5.74) is 1.84. The first kappa shape index (κ1) is 17.7. The van der Waals surface area contributed by atoms with Gasteiger partial charge in [-0.25, -0.2) is 4.79 Å². The summed E-state index contributed by atoms with van der Waals surface area (Å²) in [6, 6.07) is 5.75. The minimum Gasteiger partial charge on any atom is -0.450 e. The molecule has 1 N–H and O–H groups in total. The summed E-state index contributed by atoms with van der Waals surface area (Å²) < 4.78 is 5.97. The third kappa shape index (κ3) is 5.21. The molecule has 0 aliphatic carbocycles. The maximum absolute atomic E-state index is 12.2. The zero-order chi connectivity index (χ0) is 16.8. The number of rotatable bonds is 4. The molecule has 7 heteroatoms. The van der Waals surface area contributed by atoms with E-state index in [4.69, 9.17) is 4.74 Å². The lowest BCUT2D eigenvalue weighted by atomic mass is 10.2. The maximum atomic E-state index is 12.2. The van der Waals surface area contributed by atoms with Crippen molar-refractivity contribution < 1.29 is 14.3 Å². The molecule has 1 fully saturated rings. The number of nitrogens with one attached hydrogen (secondary N) is 1. The van der Waals surface area contributed by atoms with Crippen LogP contribution in [-0.2, 0) is 9.53 Å². The van der Waals surface area contributed by atoms with Crippen molar-refractivity contribution in [1.82, 2.24) is 9.80 Å². The van der Waals surface area contributed by atoms with Gasteiger partial charge < -0.3 is 15.0 Å². The second-order valence-corrected chi connectivity index (χ2v) is 6.39. The lowest BCUT2D eigenvalue weighted by Gasteiger charge is -2.33. The van der Waals surface area contributed by atoms with Gasteiger partial charge in [0.05, 0.1) is 13.2 Å². The fourth-order valence-corrected chi connectivity index (χ4v) is 2.94. The Labute approximate surface area is 144 Å². The Morgan fingerprint density at radius 1 is 1.26 bits per heavy atom. The summed E-state index contributed by atoms with van der Waals surface area (Å²) in [5, 5.41) is 2.93. The van der Waals surface area contributed by atoms with Crippen LogP contribution in [-0.4, -0.2) is 61.1 Å². The smallest absolute Gasteiger partial charge is 0.409 e. The molecule has 0 radical (unpaired) electrons. The van der Waals surface area contributed by atoms with E-state index in [0.29, 0.717) is 39.3 Å². The summed E-state index contributed by atoms with van der Waals surface area (Å²) in [7, 11) is 0. The lowest BCUT2D eigenvalue weighted by molar-refractivity contribution is -0.117. The Kier molecular flexibility index (Phi) is 6.41. The molecular formula is C16H22BrN3O3. The van der Waals surface area contributed by atoms with Gasteiger partial charge in [-0.2, -0.15) is 0 Å². The summed E-state index contributed by atoms with van der Waals surface area (Å²) in [4.78, 5) is 27.5. The van der Waals surface area contributed by atoms with Crippen LogP contribution < -0.4 is 5.32 Å². The highest BCUT2D eigenvalue weighted by atomic mass is 79.9. The molecule has 1 aliphatic rings. The average molecular weight is 384 g/mol. The number of carbonyl (C=O) groups excluding carboxylic acids is 2. The van der Waals surface area contributed by atoms with Crippen LogP contribution in [0.5, 0.6) is 0 Å². The first-order chi connectivity index (χ1) is 11.0. The molecular weight excluding hydrogens is 362 g/mol. The Bertz CT molecular complexity index is 572. The number of piperazine rings is 1. The summed E-state index contributed by atoms with van der Waals surface area (Å²) in [5.74, 6) is -0.0417. The molecule has 0 unspecified atom stereocenters. The first-order valence-corrected chi connectivity index (χ1v) is 8.49. The van der Waals surface area contributed by atoms with Crippen LogP contribution in [0.2, 0.25) is 0 Å². The number of ether oxygens (including phenoxy) is 1. The fraction of sp³-hybridized carbons (Fsp3) is 0.500. The number of halogens is 1. The number of hydrogen-bond acceptors (Lipinski definition) is 4. The third-order valence-corrected chi connectivity index (χ3v) is 4.22. The van der Waals surface area contributed by atoms with Crippen molar-refractivity contribution in [3.63, 3.8) is 0 Å². The lowest BCUT2D eigenvalue weighted by Crippen LogP contribution is -2.50. The molecule has 2 amide bonds. The number of nitrogens with zero attached hydrogens (tertiary/aromatic N) is 2. The van der Waals surface area contributed by atoms with E-state index >= 15 is 0 Å². The highest BCUT2D eigenvalue weighted by Crippen LogP contribution is 2.20. The average Bonchev–Trinajstić information content (AvgIpc) is 2.51.